The van der Waals surface area contributed by atoms with Crippen LogP contribution in [0, 0.1) is 0 Å². The molecule has 1 fully saturated rings. The molecule has 20 heavy (non-hydrogen) atoms. The number of benzene rings is 1. The van der Waals surface area contributed by atoms with E-state index in [0.717, 1.165) is 37.2 Å². The predicted molar refractivity (Wildman–Crippen MR) is 82.5 cm³/mol. The molecule has 0 unspecified atom stereocenters. The summed E-state index contributed by atoms with van der Waals surface area (Å²) in [6.45, 7) is 1.85. The topological polar surface area (TPSA) is 29.5 Å². The molecule has 1 saturated heterocycles. The van der Waals surface area contributed by atoms with Gasteiger partial charge in [-0.1, -0.05) is 0 Å². The van der Waals surface area contributed by atoms with E-state index in [0.29, 0.717) is 6.42 Å². The van der Waals surface area contributed by atoms with Gasteiger partial charge in [0.05, 0.1) is 13.5 Å². The molecule has 0 saturated carbocycles. The largest absolute Gasteiger partial charge is 0.497 e. The zero-order valence-electron chi connectivity index (χ0n) is 11.7. The Morgan fingerprint density at radius 2 is 2.10 bits per heavy atom. The molecular weight excluding hydrogens is 270 g/mol. The van der Waals surface area contributed by atoms with Crippen molar-refractivity contribution in [1.29, 1.82) is 0 Å². The van der Waals surface area contributed by atoms with E-state index in [9.17, 15) is 4.79 Å². The molecule has 106 valence electrons. The van der Waals surface area contributed by atoms with Gasteiger partial charge in [0.1, 0.15) is 5.75 Å². The number of piperidine rings is 1. The fourth-order valence-electron chi connectivity index (χ4n) is 2.75. The molecule has 0 aliphatic carbocycles. The average Bonchev–Trinajstić information content (AvgIpc) is 2.90. The van der Waals surface area contributed by atoms with E-state index in [1.54, 1.807) is 18.4 Å². The Bertz CT molecular complexity index is 614. The maximum Gasteiger partial charge on any atom is 0.227 e. The lowest BCUT2D eigenvalue weighted by atomic mass is 10.1. The summed E-state index contributed by atoms with van der Waals surface area (Å²) in [5, 5.41) is 3.28. The first-order valence-corrected chi connectivity index (χ1v) is 7.98. The van der Waals surface area contributed by atoms with E-state index in [1.807, 2.05) is 17.0 Å². The highest BCUT2D eigenvalue weighted by atomic mass is 32.1. The number of carbonyl (C=O) groups excluding carboxylic acids is 1. The molecule has 1 aromatic carbocycles. The number of hydrogen-bond acceptors (Lipinski definition) is 3. The van der Waals surface area contributed by atoms with E-state index >= 15 is 0 Å². The monoisotopic (exact) mass is 289 g/mol. The van der Waals surface area contributed by atoms with Gasteiger partial charge in [0, 0.05) is 17.8 Å². The summed E-state index contributed by atoms with van der Waals surface area (Å²) < 4.78 is 6.43. The molecule has 0 bridgehead atoms. The number of fused-ring (bicyclic) bond motifs is 1. The second kappa shape index (κ2) is 5.83. The average molecular weight is 289 g/mol. The van der Waals surface area contributed by atoms with Gasteiger partial charge in [0.25, 0.3) is 0 Å². The Kier molecular flexibility index (Phi) is 3.92. The molecule has 3 nitrogen and oxygen atoms in total. The quantitative estimate of drug-likeness (QED) is 0.866. The Labute approximate surface area is 123 Å². The number of amides is 1. The summed E-state index contributed by atoms with van der Waals surface area (Å²) in [4.78, 5) is 14.3. The highest BCUT2D eigenvalue weighted by Gasteiger charge is 2.18. The van der Waals surface area contributed by atoms with Crippen LogP contribution in [0.5, 0.6) is 5.75 Å². The first-order chi connectivity index (χ1) is 9.78. The van der Waals surface area contributed by atoms with Crippen molar-refractivity contribution < 1.29 is 9.53 Å². The van der Waals surface area contributed by atoms with Crippen molar-refractivity contribution in [2.75, 3.05) is 20.2 Å². The van der Waals surface area contributed by atoms with Crippen LogP contribution >= 0.6 is 11.3 Å². The molecule has 0 radical (unpaired) electrons. The van der Waals surface area contributed by atoms with E-state index < -0.39 is 0 Å². The van der Waals surface area contributed by atoms with E-state index in [2.05, 4.69) is 11.4 Å². The van der Waals surface area contributed by atoms with Gasteiger partial charge in [0.15, 0.2) is 0 Å². The fraction of sp³-hybridized carbons (Fsp3) is 0.438. The normalized spacial score (nSPS) is 15.6. The number of carbonyl (C=O) groups is 1. The van der Waals surface area contributed by atoms with Crippen LogP contribution < -0.4 is 4.74 Å². The molecule has 3 rings (SSSR count). The van der Waals surface area contributed by atoms with Crippen molar-refractivity contribution in [1.82, 2.24) is 4.90 Å². The maximum absolute atomic E-state index is 12.3. The number of hydrogen-bond donors (Lipinski definition) is 0. The van der Waals surface area contributed by atoms with Crippen LogP contribution in [0.4, 0.5) is 0 Å². The molecule has 0 atom stereocenters. The van der Waals surface area contributed by atoms with Gasteiger partial charge >= 0.3 is 0 Å². The number of methoxy groups -OCH3 is 1. The van der Waals surface area contributed by atoms with Crippen molar-refractivity contribution >= 4 is 27.3 Å². The van der Waals surface area contributed by atoms with Crippen LogP contribution in [0.25, 0.3) is 10.1 Å². The van der Waals surface area contributed by atoms with Crippen molar-refractivity contribution in [3.8, 4) is 5.75 Å². The zero-order valence-corrected chi connectivity index (χ0v) is 12.5. The minimum absolute atomic E-state index is 0.264. The predicted octanol–water partition coefficient (Wildman–Crippen LogP) is 3.46. The summed E-state index contributed by atoms with van der Waals surface area (Å²) in [7, 11) is 1.68. The highest BCUT2D eigenvalue weighted by molar-refractivity contribution is 7.17. The Balaban J connectivity index is 1.78. The lowest BCUT2D eigenvalue weighted by Gasteiger charge is -2.26. The van der Waals surface area contributed by atoms with Crippen LogP contribution in [-0.2, 0) is 11.2 Å². The molecule has 0 spiro atoms. The van der Waals surface area contributed by atoms with E-state index in [4.69, 9.17) is 4.74 Å². The minimum atomic E-state index is 0.264. The Morgan fingerprint density at radius 1 is 1.30 bits per heavy atom. The smallest absolute Gasteiger partial charge is 0.227 e. The zero-order chi connectivity index (χ0) is 13.9. The van der Waals surface area contributed by atoms with Crippen LogP contribution in [0.15, 0.2) is 23.6 Å². The number of likely N-dealkylation sites (tertiary alicyclic amines) is 1. The van der Waals surface area contributed by atoms with Crippen molar-refractivity contribution in [2.24, 2.45) is 0 Å². The summed E-state index contributed by atoms with van der Waals surface area (Å²) in [5.74, 6) is 1.13. The molecule has 2 heterocycles. The number of thiophene rings is 1. The molecule has 1 amide bonds. The molecular formula is C16H19NO2S. The second-order valence-electron chi connectivity index (χ2n) is 5.24. The minimum Gasteiger partial charge on any atom is -0.497 e. The van der Waals surface area contributed by atoms with Crippen LogP contribution in [0.3, 0.4) is 0 Å². The van der Waals surface area contributed by atoms with Gasteiger partial charge < -0.3 is 9.64 Å². The molecule has 0 N–H and O–H groups in total. The van der Waals surface area contributed by atoms with Gasteiger partial charge in [-0.3, -0.25) is 4.79 Å². The van der Waals surface area contributed by atoms with Gasteiger partial charge in [0.2, 0.25) is 5.91 Å². The third-order valence-corrected chi connectivity index (χ3v) is 4.91. The van der Waals surface area contributed by atoms with Gasteiger partial charge in [-0.15, -0.1) is 11.3 Å². The third-order valence-electron chi connectivity index (χ3n) is 3.91. The highest BCUT2D eigenvalue weighted by Crippen LogP contribution is 2.30. The van der Waals surface area contributed by atoms with E-state index in [-0.39, 0.29) is 5.91 Å². The van der Waals surface area contributed by atoms with Crippen LogP contribution in [0.1, 0.15) is 24.8 Å². The van der Waals surface area contributed by atoms with Gasteiger partial charge in [-0.25, -0.2) is 0 Å². The summed E-state index contributed by atoms with van der Waals surface area (Å²) in [6, 6.07) is 6.06. The van der Waals surface area contributed by atoms with Gasteiger partial charge in [-0.2, -0.15) is 0 Å². The number of nitrogens with zero attached hydrogens (tertiary/aromatic N) is 1. The molecule has 1 aliphatic heterocycles. The van der Waals surface area contributed by atoms with Gasteiger partial charge in [-0.05, 0) is 53.8 Å². The second-order valence-corrected chi connectivity index (χ2v) is 6.15. The summed E-state index contributed by atoms with van der Waals surface area (Å²) in [5.41, 5.74) is 1.14. The lowest BCUT2D eigenvalue weighted by molar-refractivity contribution is -0.131. The Morgan fingerprint density at radius 3 is 2.85 bits per heavy atom. The SMILES string of the molecule is COc1ccc2c(CC(=O)N3CCCCC3)csc2c1. The molecule has 2 aromatic rings. The lowest BCUT2D eigenvalue weighted by Crippen LogP contribution is -2.36. The standard InChI is InChI=1S/C16H19NO2S/c1-19-13-5-6-14-12(11-20-15(14)10-13)9-16(18)17-7-3-2-4-8-17/h5-6,10-11H,2-4,7-9H2,1H3. The van der Waals surface area contributed by atoms with Crippen molar-refractivity contribution in [3.05, 3.63) is 29.1 Å². The first-order valence-electron chi connectivity index (χ1n) is 7.10. The first kappa shape index (κ1) is 13.4. The fourth-order valence-corrected chi connectivity index (χ4v) is 3.74. The summed E-state index contributed by atoms with van der Waals surface area (Å²) >= 11 is 1.68. The number of ether oxygens (including phenoxy) is 1. The molecule has 1 aliphatic rings. The van der Waals surface area contributed by atoms with Crippen molar-refractivity contribution in [3.63, 3.8) is 0 Å². The van der Waals surface area contributed by atoms with Crippen LogP contribution in [0.2, 0.25) is 0 Å². The van der Waals surface area contributed by atoms with Crippen molar-refractivity contribution in [2.45, 2.75) is 25.7 Å². The number of rotatable bonds is 3. The maximum atomic E-state index is 12.3. The van der Waals surface area contributed by atoms with Crippen LogP contribution in [-0.4, -0.2) is 31.0 Å². The van der Waals surface area contributed by atoms with E-state index in [1.165, 1.54) is 16.5 Å². The molecule has 1 aromatic heterocycles. The summed E-state index contributed by atoms with van der Waals surface area (Å²) in [6.07, 6.45) is 4.07. The Hall–Kier alpha value is -1.55. The third kappa shape index (κ3) is 2.66. The molecule has 4 heteroatoms.